The summed E-state index contributed by atoms with van der Waals surface area (Å²) in [4.78, 5) is 14.1. The molecule has 0 aliphatic carbocycles. The Bertz CT molecular complexity index is 1010. The molecule has 1 amide bonds. The number of carbonyl (C=O) groups is 1. The fraction of sp³-hybridized carbons (Fsp3) is 0.208. The largest absolute Gasteiger partial charge is 0.450 e. The minimum Gasteiger partial charge on any atom is -0.450 e. The summed E-state index contributed by atoms with van der Waals surface area (Å²) in [6.45, 7) is 2.56. The number of hydrogen-bond acceptors (Lipinski definition) is 4. The molecule has 30 heavy (non-hydrogen) atoms. The molecule has 0 fully saturated rings. The average Bonchev–Trinajstić information content (AvgIpc) is 2.73. The molecule has 0 saturated carbocycles. The Morgan fingerprint density at radius 2 is 1.80 bits per heavy atom. The summed E-state index contributed by atoms with van der Waals surface area (Å²) in [5.74, 6) is -0.285. The van der Waals surface area contributed by atoms with Crippen LogP contribution in [0.2, 0.25) is 0 Å². The van der Waals surface area contributed by atoms with Crippen LogP contribution >= 0.6 is 0 Å². The fourth-order valence-corrected chi connectivity index (χ4v) is 3.22. The first-order valence-corrected chi connectivity index (χ1v) is 9.80. The van der Waals surface area contributed by atoms with Gasteiger partial charge in [0.05, 0.1) is 12.3 Å². The van der Waals surface area contributed by atoms with E-state index in [9.17, 15) is 9.18 Å². The quantitative estimate of drug-likeness (QED) is 0.524. The van der Waals surface area contributed by atoms with E-state index in [-0.39, 0.29) is 5.82 Å². The maximum absolute atomic E-state index is 13.5. The summed E-state index contributed by atoms with van der Waals surface area (Å²) in [7, 11) is 3.88. The summed E-state index contributed by atoms with van der Waals surface area (Å²) < 4.78 is 18.6. The zero-order valence-corrected chi connectivity index (χ0v) is 17.4. The van der Waals surface area contributed by atoms with Gasteiger partial charge in [-0.15, -0.1) is 0 Å². The van der Waals surface area contributed by atoms with Crippen molar-refractivity contribution in [2.45, 2.75) is 13.5 Å². The number of ether oxygens (including phenoxy) is 1. The maximum Gasteiger partial charge on any atom is 0.411 e. The predicted octanol–water partition coefficient (Wildman–Crippen LogP) is 5.74. The molecule has 156 valence electrons. The minimum atomic E-state index is -0.495. The topological polar surface area (TPSA) is 53.6 Å². The van der Waals surface area contributed by atoms with Crippen molar-refractivity contribution in [2.24, 2.45) is 0 Å². The number of amides is 1. The number of nitrogens with one attached hydrogen (secondary N) is 2. The third-order valence-electron chi connectivity index (χ3n) is 4.61. The summed E-state index contributed by atoms with van der Waals surface area (Å²) >= 11 is 0. The average molecular weight is 407 g/mol. The Labute approximate surface area is 176 Å². The van der Waals surface area contributed by atoms with Gasteiger partial charge in [-0.1, -0.05) is 36.4 Å². The zero-order chi connectivity index (χ0) is 21.5. The third-order valence-corrected chi connectivity index (χ3v) is 4.61. The van der Waals surface area contributed by atoms with Crippen LogP contribution in [0, 0.1) is 5.82 Å². The molecule has 3 aromatic rings. The van der Waals surface area contributed by atoms with E-state index < -0.39 is 6.09 Å². The van der Waals surface area contributed by atoms with Crippen molar-refractivity contribution in [2.75, 3.05) is 36.2 Å². The Morgan fingerprint density at radius 1 is 1.03 bits per heavy atom. The molecular weight excluding hydrogens is 381 g/mol. The van der Waals surface area contributed by atoms with E-state index in [2.05, 4.69) is 10.6 Å². The van der Waals surface area contributed by atoms with Gasteiger partial charge in [0.25, 0.3) is 0 Å². The van der Waals surface area contributed by atoms with Crippen LogP contribution in [0.4, 0.5) is 26.2 Å². The lowest BCUT2D eigenvalue weighted by Crippen LogP contribution is -2.17. The molecule has 0 aliphatic rings. The van der Waals surface area contributed by atoms with Gasteiger partial charge in [0.15, 0.2) is 0 Å². The highest BCUT2D eigenvalue weighted by Gasteiger charge is 2.15. The van der Waals surface area contributed by atoms with Crippen molar-refractivity contribution in [3.63, 3.8) is 0 Å². The molecule has 0 radical (unpaired) electrons. The number of hydrogen-bond donors (Lipinski definition) is 2. The number of nitrogens with zero attached hydrogens (tertiary/aromatic N) is 1. The summed E-state index contributed by atoms with van der Waals surface area (Å²) in [6.07, 6.45) is -0.495. The standard InChI is InChI=1S/C24H26FN3O2/c1-4-30-24(29)27-22-15-23(28(2)3)18(13-21(22)17-9-6-5-7-10-17)16-26-20-12-8-11-19(25)14-20/h5-15,26H,4,16H2,1-3H3,(H,27,29). The maximum atomic E-state index is 13.5. The first kappa shape index (κ1) is 21.2. The summed E-state index contributed by atoms with van der Waals surface area (Å²) in [5.41, 5.74) is 5.17. The lowest BCUT2D eigenvalue weighted by molar-refractivity contribution is 0.168. The molecule has 0 bridgehead atoms. The van der Waals surface area contributed by atoms with Crippen LogP contribution in [0.15, 0.2) is 66.7 Å². The Balaban J connectivity index is 2.01. The molecule has 3 rings (SSSR count). The normalized spacial score (nSPS) is 10.4. The van der Waals surface area contributed by atoms with Crippen LogP contribution in [0.5, 0.6) is 0 Å². The van der Waals surface area contributed by atoms with Crippen molar-refractivity contribution in [1.29, 1.82) is 0 Å². The molecule has 3 aromatic carbocycles. The molecule has 0 saturated heterocycles. The number of benzene rings is 3. The molecule has 0 aromatic heterocycles. The van der Waals surface area contributed by atoms with Gasteiger partial charge in [-0.05, 0) is 48.4 Å². The van der Waals surface area contributed by atoms with Crippen molar-refractivity contribution in [3.8, 4) is 11.1 Å². The van der Waals surface area contributed by atoms with E-state index in [0.29, 0.717) is 24.5 Å². The second kappa shape index (κ2) is 9.78. The first-order valence-electron chi connectivity index (χ1n) is 9.80. The molecular formula is C24H26FN3O2. The van der Waals surface area contributed by atoms with E-state index in [1.807, 2.05) is 67.5 Å². The van der Waals surface area contributed by atoms with Crippen molar-refractivity contribution >= 4 is 23.2 Å². The van der Waals surface area contributed by atoms with E-state index >= 15 is 0 Å². The number of halogens is 1. The third kappa shape index (κ3) is 5.29. The van der Waals surface area contributed by atoms with Gasteiger partial charge in [-0.25, -0.2) is 9.18 Å². The van der Waals surface area contributed by atoms with E-state index in [1.54, 1.807) is 13.0 Å². The molecule has 0 unspecified atom stereocenters. The minimum absolute atomic E-state index is 0.285. The molecule has 0 atom stereocenters. The molecule has 5 nitrogen and oxygen atoms in total. The Hall–Kier alpha value is -3.54. The summed E-state index contributed by atoms with van der Waals surface area (Å²) in [6, 6.07) is 20.2. The number of carbonyl (C=O) groups excluding carboxylic acids is 1. The predicted molar refractivity (Wildman–Crippen MR) is 121 cm³/mol. The van der Waals surface area contributed by atoms with Crippen LogP contribution in [0.3, 0.4) is 0 Å². The Morgan fingerprint density at radius 3 is 2.47 bits per heavy atom. The van der Waals surface area contributed by atoms with Crippen LogP contribution < -0.4 is 15.5 Å². The highest BCUT2D eigenvalue weighted by atomic mass is 19.1. The van der Waals surface area contributed by atoms with Crippen molar-refractivity contribution in [3.05, 3.63) is 78.1 Å². The lowest BCUT2D eigenvalue weighted by Gasteiger charge is -2.22. The van der Waals surface area contributed by atoms with Gasteiger partial charge >= 0.3 is 6.09 Å². The number of rotatable bonds is 7. The molecule has 0 aliphatic heterocycles. The molecule has 0 spiro atoms. The smallest absolute Gasteiger partial charge is 0.411 e. The van der Waals surface area contributed by atoms with Crippen LogP contribution in [0.25, 0.3) is 11.1 Å². The van der Waals surface area contributed by atoms with Gasteiger partial charge < -0.3 is 15.0 Å². The van der Waals surface area contributed by atoms with Gasteiger partial charge in [0.2, 0.25) is 0 Å². The van der Waals surface area contributed by atoms with Crippen LogP contribution in [-0.2, 0) is 11.3 Å². The highest BCUT2D eigenvalue weighted by Crippen LogP contribution is 2.35. The molecule has 6 heteroatoms. The van der Waals surface area contributed by atoms with Gasteiger partial charge in [-0.2, -0.15) is 0 Å². The molecule has 2 N–H and O–H groups in total. The monoisotopic (exact) mass is 407 g/mol. The van der Waals surface area contributed by atoms with Crippen LogP contribution in [0.1, 0.15) is 12.5 Å². The second-order valence-corrected chi connectivity index (χ2v) is 7.00. The molecule has 0 heterocycles. The van der Waals surface area contributed by atoms with E-state index in [1.165, 1.54) is 12.1 Å². The van der Waals surface area contributed by atoms with E-state index in [0.717, 1.165) is 22.4 Å². The zero-order valence-electron chi connectivity index (χ0n) is 17.4. The van der Waals surface area contributed by atoms with Gasteiger partial charge in [0, 0.05) is 37.6 Å². The van der Waals surface area contributed by atoms with Crippen LogP contribution in [-0.4, -0.2) is 26.8 Å². The summed E-state index contributed by atoms with van der Waals surface area (Å²) in [5, 5.41) is 6.13. The van der Waals surface area contributed by atoms with E-state index in [4.69, 9.17) is 4.74 Å². The van der Waals surface area contributed by atoms with Crippen molar-refractivity contribution in [1.82, 2.24) is 0 Å². The van der Waals surface area contributed by atoms with Gasteiger partial charge in [0.1, 0.15) is 5.82 Å². The Kier molecular flexibility index (Phi) is 6.91. The van der Waals surface area contributed by atoms with Crippen molar-refractivity contribution < 1.29 is 13.9 Å². The fourth-order valence-electron chi connectivity index (χ4n) is 3.22. The highest BCUT2D eigenvalue weighted by molar-refractivity contribution is 5.93. The van der Waals surface area contributed by atoms with Gasteiger partial charge in [-0.3, -0.25) is 5.32 Å². The lowest BCUT2D eigenvalue weighted by atomic mass is 9.98. The SMILES string of the molecule is CCOC(=O)Nc1cc(N(C)C)c(CNc2cccc(F)c2)cc1-c1ccccc1. The number of anilines is 3. The second-order valence-electron chi connectivity index (χ2n) is 7.00. The first-order chi connectivity index (χ1) is 14.5.